The second-order valence-corrected chi connectivity index (χ2v) is 0.943. The van der Waals surface area contributed by atoms with Crippen LogP contribution in [0, 0.1) is 0 Å². The van der Waals surface area contributed by atoms with Crippen molar-refractivity contribution in [2.45, 2.75) is 12.5 Å². The van der Waals surface area contributed by atoms with Crippen molar-refractivity contribution in [2.75, 3.05) is 0 Å². The van der Waals surface area contributed by atoms with Gasteiger partial charge in [-0.05, 0) is 0 Å². The molecule has 0 bridgehead atoms. The summed E-state index contributed by atoms with van der Waals surface area (Å²) in [7, 11) is 0. The van der Waals surface area contributed by atoms with Gasteiger partial charge in [0.05, 0.1) is 0 Å². The molecule has 5 heteroatoms. The molecule has 0 saturated heterocycles. The Hall–Kier alpha value is -0.320. The van der Waals surface area contributed by atoms with Crippen molar-refractivity contribution in [2.24, 2.45) is 5.73 Å². The Bertz CT molecular complexity index is 55.2. The molecule has 1 nitrogen and oxygen atoms in total. The van der Waals surface area contributed by atoms with Gasteiger partial charge in [-0.1, -0.05) is 0 Å². The highest BCUT2D eigenvalue weighted by Gasteiger charge is 2.36. The molecule has 0 aromatic heterocycles. The van der Waals surface area contributed by atoms with Crippen molar-refractivity contribution in [3.05, 3.63) is 0 Å². The number of nitrogens with two attached hydrogens (primary N) is 1. The first-order valence-corrected chi connectivity index (χ1v) is 1.41. The smallest absolute Gasteiger partial charge is 0.294 e. The molecular formula is C2H3F4N. The first kappa shape index (κ1) is 6.68. The van der Waals surface area contributed by atoms with E-state index in [0.717, 1.165) is 0 Å². The Morgan fingerprint density at radius 3 is 1.43 bits per heavy atom. The predicted octanol–water partition coefficient (Wildman–Crippen LogP) is 0.803. The topological polar surface area (TPSA) is 26.0 Å². The number of halogens is 4. The molecule has 0 heterocycles. The third-order valence-electron chi connectivity index (χ3n) is 0.313. The van der Waals surface area contributed by atoms with Gasteiger partial charge in [0.2, 0.25) is 6.30 Å². The van der Waals surface area contributed by atoms with Crippen molar-refractivity contribution in [3.63, 3.8) is 0 Å². The Morgan fingerprint density at radius 1 is 1.29 bits per heavy atom. The second kappa shape index (κ2) is 1.65. The minimum Gasteiger partial charge on any atom is -0.294 e. The van der Waals surface area contributed by atoms with E-state index >= 15 is 0 Å². The van der Waals surface area contributed by atoms with Crippen molar-refractivity contribution < 1.29 is 17.6 Å². The van der Waals surface area contributed by atoms with Crippen LogP contribution in [0.2, 0.25) is 0 Å². The molecule has 0 unspecified atom stereocenters. The molecule has 0 aliphatic rings. The summed E-state index contributed by atoms with van der Waals surface area (Å²) in [5.74, 6) is 0. The Kier molecular flexibility index (Phi) is 1.58. The van der Waals surface area contributed by atoms with Crippen LogP contribution in [0.4, 0.5) is 17.6 Å². The first-order valence-electron chi connectivity index (χ1n) is 1.41. The summed E-state index contributed by atoms with van der Waals surface area (Å²) in [6.07, 6.45) is -8.09. The maximum Gasteiger partial charge on any atom is 0.433 e. The summed E-state index contributed by atoms with van der Waals surface area (Å²) in [5.41, 5.74) is 3.78. The molecule has 0 aromatic carbocycles. The summed E-state index contributed by atoms with van der Waals surface area (Å²) in [6.45, 7) is 0. The quantitative estimate of drug-likeness (QED) is 0.368. The molecule has 0 amide bonds. The van der Waals surface area contributed by atoms with Crippen LogP contribution < -0.4 is 5.73 Å². The second-order valence-electron chi connectivity index (χ2n) is 0.943. The number of rotatable bonds is 0. The van der Waals surface area contributed by atoms with Crippen LogP contribution in [0.1, 0.15) is 0 Å². The lowest BCUT2D eigenvalue weighted by Crippen LogP contribution is -2.32. The number of hydrogen-bond acceptors (Lipinski definition) is 1. The maximum atomic E-state index is 10.9. The van der Waals surface area contributed by atoms with Gasteiger partial charge in [-0.3, -0.25) is 5.73 Å². The third kappa shape index (κ3) is 2.38. The van der Waals surface area contributed by atoms with Crippen LogP contribution in [0.3, 0.4) is 0 Å². The average molecular weight is 117 g/mol. The number of hydrogen-bond donors (Lipinski definition) is 1. The van der Waals surface area contributed by atoms with E-state index in [-0.39, 0.29) is 0 Å². The van der Waals surface area contributed by atoms with Crippen molar-refractivity contribution in [1.82, 2.24) is 0 Å². The van der Waals surface area contributed by atoms with E-state index in [9.17, 15) is 17.6 Å². The highest BCUT2D eigenvalue weighted by atomic mass is 19.4. The lowest BCUT2D eigenvalue weighted by molar-refractivity contribution is -0.178. The van der Waals surface area contributed by atoms with Crippen LogP contribution in [0.15, 0.2) is 0 Å². The summed E-state index contributed by atoms with van der Waals surface area (Å²) >= 11 is 0. The maximum absolute atomic E-state index is 10.9. The van der Waals surface area contributed by atoms with Gasteiger partial charge < -0.3 is 0 Å². The largest absolute Gasteiger partial charge is 0.433 e. The summed E-state index contributed by atoms with van der Waals surface area (Å²) < 4.78 is 42.9. The molecule has 7 heavy (non-hydrogen) atoms. The van der Waals surface area contributed by atoms with Crippen molar-refractivity contribution >= 4 is 0 Å². The van der Waals surface area contributed by atoms with E-state index < -0.39 is 12.5 Å². The Morgan fingerprint density at radius 2 is 1.43 bits per heavy atom. The van der Waals surface area contributed by atoms with Crippen molar-refractivity contribution in [3.8, 4) is 0 Å². The van der Waals surface area contributed by atoms with E-state index in [0.29, 0.717) is 0 Å². The van der Waals surface area contributed by atoms with Crippen LogP contribution in [0.5, 0.6) is 0 Å². The van der Waals surface area contributed by atoms with E-state index in [1.54, 1.807) is 0 Å². The highest BCUT2D eigenvalue weighted by Crippen LogP contribution is 2.18. The standard InChI is InChI=1S/C2H3F4N/c3-1(7)2(4,5)6/h1H,7H2/t1-/m1/s1. The molecule has 0 aliphatic heterocycles. The summed E-state index contributed by atoms with van der Waals surface area (Å²) in [4.78, 5) is 0. The van der Waals surface area contributed by atoms with Gasteiger partial charge in [0.1, 0.15) is 0 Å². The Labute approximate surface area is 37.1 Å². The summed E-state index contributed by atoms with van der Waals surface area (Å²) in [5, 5.41) is 0. The fraction of sp³-hybridized carbons (Fsp3) is 1.00. The van der Waals surface area contributed by atoms with Crippen molar-refractivity contribution in [1.29, 1.82) is 0 Å². The predicted molar refractivity (Wildman–Crippen MR) is 15.1 cm³/mol. The zero-order valence-corrected chi connectivity index (χ0v) is 3.17. The van der Waals surface area contributed by atoms with Gasteiger partial charge in [-0.2, -0.15) is 13.2 Å². The molecule has 44 valence electrons. The molecule has 1 atom stereocenters. The number of alkyl halides is 4. The Balaban J connectivity index is 3.54. The van der Waals surface area contributed by atoms with E-state index in [1.165, 1.54) is 0 Å². The van der Waals surface area contributed by atoms with E-state index in [2.05, 4.69) is 5.73 Å². The molecule has 0 rings (SSSR count). The molecule has 0 aromatic rings. The lowest BCUT2D eigenvalue weighted by Gasteiger charge is -2.04. The minimum absolute atomic E-state index is 3.20. The van der Waals surface area contributed by atoms with Crippen LogP contribution in [0.25, 0.3) is 0 Å². The van der Waals surface area contributed by atoms with Gasteiger partial charge in [-0.25, -0.2) is 4.39 Å². The van der Waals surface area contributed by atoms with E-state index in [1.807, 2.05) is 0 Å². The monoisotopic (exact) mass is 117 g/mol. The van der Waals surface area contributed by atoms with Crippen LogP contribution in [-0.4, -0.2) is 12.5 Å². The fourth-order valence-electron chi connectivity index (χ4n) is 0. The molecule has 0 aliphatic carbocycles. The zero-order chi connectivity index (χ0) is 6.08. The SMILES string of the molecule is N[C@@H](F)C(F)(F)F. The zero-order valence-electron chi connectivity index (χ0n) is 3.17. The minimum atomic E-state index is -4.89. The fourth-order valence-corrected chi connectivity index (χ4v) is 0. The van der Waals surface area contributed by atoms with Crippen LogP contribution in [-0.2, 0) is 0 Å². The van der Waals surface area contributed by atoms with Gasteiger partial charge >= 0.3 is 6.18 Å². The molecule has 0 fully saturated rings. The third-order valence-corrected chi connectivity index (χ3v) is 0.313. The summed E-state index contributed by atoms with van der Waals surface area (Å²) in [6, 6.07) is 0. The lowest BCUT2D eigenvalue weighted by atomic mass is 10.6. The molecule has 2 N–H and O–H groups in total. The van der Waals surface area contributed by atoms with Gasteiger partial charge in [0.25, 0.3) is 0 Å². The van der Waals surface area contributed by atoms with Crippen LogP contribution >= 0.6 is 0 Å². The average Bonchev–Trinajstić information content (AvgIpc) is 1.31. The normalized spacial score (nSPS) is 16.7. The van der Waals surface area contributed by atoms with E-state index in [4.69, 9.17) is 0 Å². The molecule has 0 radical (unpaired) electrons. The van der Waals surface area contributed by atoms with Gasteiger partial charge in [0, 0.05) is 0 Å². The molecule has 0 spiro atoms. The highest BCUT2D eigenvalue weighted by molar-refractivity contribution is 4.54. The van der Waals surface area contributed by atoms with Gasteiger partial charge in [-0.15, -0.1) is 0 Å². The molecular weight excluding hydrogens is 114 g/mol. The van der Waals surface area contributed by atoms with Gasteiger partial charge in [0.15, 0.2) is 0 Å². The first-order chi connectivity index (χ1) is 2.94. The molecule has 0 saturated carbocycles.